The second-order valence-corrected chi connectivity index (χ2v) is 14.1. The summed E-state index contributed by atoms with van der Waals surface area (Å²) in [5, 5.41) is 4.89. The van der Waals surface area contributed by atoms with E-state index in [9.17, 15) is 0 Å². The molecular formula is C49H35NO. The standard InChI is InChI=1S/C49H35NO/c1-49(2)44-29-34(23-27-42(44)48-41-19-10-9-17-38(41)43(31-45(48)49)33-13-5-3-6-14-33)32-21-24-36(25-22-32)50(35-15-7-4-8-16-35)37-26-28-40-39-18-11-12-20-46(39)51-47(40)30-37/h3-31H,1-2H3. The van der Waals surface area contributed by atoms with Crippen molar-refractivity contribution in [2.45, 2.75) is 19.3 Å². The van der Waals surface area contributed by atoms with Crippen LogP contribution >= 0.6 is 0 Å². The van der Waals surface area contributed by atoms with Crippen molar-refractivity contribution in [2.24, 2.45) is 0 Å². The van der Waals surface area contributed by atoms with Crippen molar-refractivity contribution in [1.82, 2.24) is 0 Å². The Kier molecular flexibility index (Phi) is 6.56. The van der Waals surface area contributed by atoms with E-state index in [0.29, 0.717) is 0 Å². The molecule has 242 valence electrons. The van der Waals surface area contributed by atoms with Crippen LogP contribution in [0.5, 0.6) is 0 Å². The third kappa shape index (κ3) is 4.64. The predicted octanol–water partition coefficient (Wildman–Crippen LogP) is 13.8. The molecule has 0 spiro atoms. The first-order valence-electron chi connectivity index (χ1n) is 17.7. The molecule has 10 rings (SSSR count). The summed E-state index contributed by atoms with van der Waals surface area (Å²) >= 11 is 0. The Balaban J connectivity index is 1.05. The molecule has 0 saturated heterocycles. The van der Waals surface area contributed by atoms with Crippen LogP contribution in [0.1, 0.15) is 25.0 Å². The topological polar surface area (TPSA) is 16.4 Å². The summed E-state index contributed by atoms with van der Waals surface area (Å²) in [6.07, 6.45) is 0. The highest BCUT2D eigenvalue weighted by atomic mass is 16.3. The van der Waals surface area contributed by atoms with Gasteiger partial charge in [-0.25, -0.2) is 0 Å². The minimum atomic E-state index is -0.145. The fourth-order valence-corrected chi connectivity index (χ4v) is 8.30. The number of hydrogen-bond acceptors (Lipinski definition) is 2. The highest BCUT2D eigenvalue weighted by molar-refractivity contribution is 6.09. The molecule has 8 aromatic carbocycles. The van der Waals surface area contributed by atoms with Gasteiger partial charge >= 0.3 is 0 Å². The van der Waals surface area contributed by atoms with Gasteiger partial charge in [0, 0.05) is 39.3 Å². The van der Waals surface area contributed by atoms with Crippen molar-refractivity contribution in [3.63, 3.8) is 0 Å². The van der Waals surface area contributed by atoms with Gasteiger partial charge in [0.25, 0.3) is 0 Å². The summed E-state index contributed by atoms with van der Waals surface area (Å²) < 4.78 is 6.29. The van der Waals surface area contributed by atoms with Crippen LogP contribution in [0.2, 0.25) is 0 Å². The van der Waals surface area contributed by atoms with Gasteiger partial charge in [0.15, 0.2) is 0 Å². The zero-order chi connectivity index (χ0) is 34.1. The number of benzene rings is 8. The molecule has 0 unspecified atom stereocenters. The second kappa shape index (κ2) is 11.3. The van der Waals surface area contributed by atoms with Crippen molar-refractivity contribution < 1.29 is 4.42 Å². The van der Waals surface area contributed by atoms with Crippen LogP contribution in [0.4, 0.5) is 17.1 Å². The van der Waals surface area contributed by atoms with Crippen molar-refractivity contribution >= 4 is 49.8 Å². The van der Waals surface area contributed by atoms with Gasteiger partial charge in [-0.05, 0) is 110 Å². The maximum atomic E-state index is 6.29. The van der Waals surface area contributed by atoms with E-state index in [2.05, 4.69) is 183 Å². The number of nitrogens with zero attached hydrogens (tertiary/aromatic N) is 1. The second-order valence-electron chi connectivity index (χ2n) is 14.1. The Hall–Kier alpha value is -6.38. The molecule has 2 heteroatoms. The smallest absolute Gasteiger partial charge is 0.137 e. The lowest BCUT2D eigenvalue weighted by molar-refractivity contribution is 0.661. The summed E-state index contributed by atoms with van der Waals surface area (Å²) in [6.45, 7) is 4.76. The Morgan fingerprint density at radius 1 is 0.392 bits per heavy atom. The van der Waals surface area contributed by atoms with Gasteiger partial charge in [0.05, 0.1) is 0 Å². The van der Waals surface area contributed by atoms with Crippen LogP contribution in [0, 0.1) is 0 Å². The Morgan fingerprint density at radius 3 is 1.78 bits per heavy atom. The van der Waals surface area contributed by atoms with Gasteiger partial charge in [-0.1, -0.05) is 129 Å². The highest BCUT2D eigenvalue weighted by Gasteiger charge is 2.37. The average molecular weight is 654 g/mol. The maximum absolute atomic E-state index is 6.29. The van der Waals surface area contributed by atoms with Crippen LogP contribution in [0.15, 0.2) is 180 Å². The minimum Gasteiger partial charge on any atom is -0.456 e. The fourth-order valence-electron chi connectivity index (χ4n) is 8.30. The van der Waals surface area contributed by atoms with Gasteiger partial charge in [0.1, 0.15) is 11.2 Å². The quantitative estimate of drug-likeness (QED) is 0.184. The third-order valence-electron chi connectivity index (χ3n) is 10.9. The molecule has 1 aliphatic rings. The number of rotatable bonds is 5. The number of fused-ring (bicyclic) bond motifs is 8. The molecule has 1 aromatic heterocycles. The van der Waals surface area contributed by atoms with Crippen LogP contribution in [0.3, 0.4) is 0 Å². The molecule has 2 nitrogen and oxygen atoms in total. The van der Waals surface area contributed by atoms with E-state index in [-0.39, 0.29) is 5.41 Å². The van der Waals surface area contributed by atoms with E-state index < -0.39 is 0 Å². The molecule has 0 N–H and O–H groups in total. The van der Waals surface area contributed by atoms with Crippen molar-refractivity contribution in [3.8, 4) is 33.4 Å². The Morgan fingerprint density at radius 2 is 1.00 bits per heavy atom. The first kappa shape index (κ1) is 29.5. The Labute approximate surface area is 297 Å². The van der Waals surface area contributed by atoms with Gasteiger partial charge < -0.3 is 9.32 Å². The molecule has 51 heavy (non-hydrogen) atoms. The number of para-hydroxylation sites is 2. The van der Waals surface area contributed by atoms with Gasteiger partial charge in [0.2, 0.25) is 0 Å². The van der Waals surface area contributed by atoms with E-state index in [1.54, 1.807) is 0 Å². The molecular weight excluding hydrogens is 619 g/mol. The first-order chi connectivity index (χ1) is 25.0. The summed E-state index contributed by atoms with van der Waals surface area (Å²) in [4.78, 5) is 2.30. The van der Waals surface area contributed by atoms with Crippen molar-refractivity contribution in [3.05, 3.63) is 187 Å². The first-order valence-corrected chi connectivity index (χ1v) is 17.7. The molecule has 9 aromatic rings. The fraction of sp³-hybridized carbons (Fsp3) is 0.0612. The summed E-state index contributed by atoms with van der Waals surface area (Å²) in [5.41, 5.74) is 15.3. The molecule has 0 aliphatic heterocycles. The molecule has 0 saturated carbocycles. The Bertz CT molecular complexity index is 2760. The lowest BCUT2D eigenvalue weighted by Crippen LogP contribution is -2.15. The van der Waals surface area contributed by atoms with Crippen molar-refractivity contribution in [1.29, 1.82) is 0 Å². The average Bonchev–Trinajstić information content (AvgIpc) is 3.66. The van der Waals surface area contributed by atoms with Crippen molar-refractivity contribution in [2.75, 3.05) is 4.90 Å². The monoisotopic (exact) mass is 653 g/mol. The molecule has 0 fully saturated rings. The molecule has 0 atom stereocenters. The zero-order valence-corrected chi connectivity index (χ0v) is 28.6. The molecule has 1 heterocycles. The highest BCUT2D eigenvalue weighted by Crippen LogP contribution is 2.54. The van der Waals surface area contributed by atoms with Crippen LogP contribution in [0.25, 0.3) is 66.1 Å². The van der Waals surface area contributed by atoms with Gasteiger partial charge in [-0.15, -0.1) is 0 Å². The number of anilines is 3. The lowest BCUT2D eigenvalue weighted by Gasteiger charge is -2.26. The van der Waals surface area contributed by atoms with Gasteiger partial charge in [-0.3, -0.25) is 0 Å². The lowest BCUT2D eigenvalue weighted by atomic mass is 9.80. The number of furan rings is 1. The normalized spacial score (nSPS) is 13.1. The van der Waals surface area contributed by atoms with E-state index in [0.717, 1.165) is 39.0 Å². The van der Waals surface area contributed by atoms with E-state index in [1.807, 2.05) is 12.1 Å². The molecule has 0 bridgehead atoms. The van der Waals surface area contributed by atoms with E-state index >= 15 is 0 Å². The summed E-state index contributed by atoms with van der Waals surface area (Å²) in [6, 6.07) is 63.5. The molecule has 0 amide bonds. The number of hydrogen-bond donors (Lipinski definition) is 0. The van der Waals surface area contributed by atoms with E-state index in [1.165, 1.54) is 55.3 Å². The largest absolute Gasteiger partial charge is 0.456 e. The molecule has 1 aliphatic carbocycles. The summed E-state index contributed by atoms with van der Waals surface area (Å²) in [5.74, 6) is 0. The van der Waals surface area contributed by atoms with Gasteiger partial charge in [-0.2, -0.15) is 0 Å². The third-order valence-corrected chi connectivity index (χ3v) is 10.9. The molecule has 0 radical (unpaired) electrons. The summed E-state index contributed by atoms with van der Waals surface area (Å²) in [7, 11) is 0. The maximum Gasteiger partial charge on any atom is 0.137 e. The van der Waals surface area contributed by atoms with Crippen LogP contribution in [-0.2, 0) is 5.41 Å². The SMILES string of the molecule is CC1(C)c2cc(-c3ccc(N(c4ccccc4)c4ccc5c(c4)oc4ccccc45)cc3)ccc2-c2c1cc(-c1ccccc1)c1ccccc21. The predicted molar refractivity (Wildman–Crippen MR) is 214 cm³/mol. The van der Waals surface area contributed by atoms with Crippen LogP contribution in [-0.4, -0.2) is 0 Å². The van der Waals surface area contributed by atoms with Crippen LogP contribution < -0.4 is 4.90 Å². The minimum absolute atomic E-state index is 0.145. The van der Waals surface area contributed by atoms with E-state index in [4.69, 9.17) is 4.42 Å². The zero-order valence-electron chi connectivity index (χ0n) is 28.6.